The molecule has 0 unspecified atom stereocenters. The van der Waals surface area contributed by atoms with Crippen molar-refractivity contribution in [1.29, 1.82) is 5.26 Å². The van der Waals surface area contributed by atoms with Crippen LogP contribution in [0.5, 0.6) is 5.75 Å². The first-order valence-corrected chi connectivity index (χ1v) is 13.4. The van der Waals surface area contributed by atoms with E-state index in [1.54, 1.807) is 62.6 Å². The quantitative estimate of drug-likeness (QED) is 0.303. The van der Waals surface area contributed by atoms with Crippen molar-refractivity contribution in [3.8, 4) is 11.8 Å². The Morgan fingerprint density at radius 2 is 1.74 bits per heavy atom. The monoisotopic (exact) mass is 559 g/mol. The van der Waals surface area contributed by atoms with Crippen molar-refractivity contribution < 1.29 is 19.1 Å². The Bertz CT molecular complexity index is 1450. The van der Waals surface area contributed by atoms with Crippen LogP contribution in [0.2, 0.25) is 5.02 Å². The summed E-state index contributed by atoms with van der Waals surface area (Å²) in [6, 6.07) is 25.6. The molecule has 0 bridgehead atoms. The van der Waals surface area contributed by atoms with Gasteiger partial charge in [-0.05, 0) is 54.4 Å². The molecule has 0 fully saturated rings. The number of halogens is 1. The molecular weight excluding hydrogens is 534 g/mol. The van der Waals surface area contributed by atoms with Gasteiger partial charge in [0.25, 0.3) is 0 Å². The minimum atomic E-state index is -0.691. The number of allylic oxidation sites excluding steroid dienone is 2. The maximum Gasteiger partial charge on any atom is 0.337 e. The summed E-state index contributed by atoms with van der Waals surface area (Å²) in [6.07, 6.45) is 0. The summed E-state index contributed by atoms with van der Waals surface area (Å²) in [5.41, 5.74) is 3.39. The van der Waals surface area contributed by atoms with E-state index in [0.29, 0.717) is 43.9 Å². The number of nitrogens with zero attached hydrogens (tertiary/aromatic N) is 1. The number of nitrogens with one attached hydrogen (secondary N) is 2. The molecule has 0 aromatic heterocycles. The van der Waals surface area contributed by atoms with Crippen LogP contribution in [0.3, 0.4) is 0 Å². The summed E-state index contributed by atoms with van der Waals surface area (Å²) in [6.45, 7) is 1.86. The Morgan fingerprint density at radius 3 is 2.38 bits per heavy atom. The van der Waals surface area contributed by atoms with Crippen LogP contribution in [0, 0.1) is 11.3 Å². The maximum absolute atomic E-state index is 13.4. The molecule has 198 valence electrons. The van der Waals surface area contributed by atoms with E-state index in [1.807, 2.05) is 30.3 Å². The van der Waals surface area contributed by atoms with Crippen molar-refractivity contribution in [2.45, 2.75) is 19.4 Å². The van der Waals surface area contributed by atoms with E-state index in [4.69, 9.17) is 21.1 Å². The number of carbonyl (C=O) groups excluding carboxylic acids is 2. The predicted molar refractivity (Wildman–Crippen MR) is 153 cm³/mol. The number of esters is 1. The molecule has 0 spiro atoms. The predicted octanol–water partition coefficient (Wildman–Crippen LogP) is 6.16. The Kier molecular flexibility index (Phi) is 9.31. The number of hydrogen-bond donors (Lipinski definition) is 2. The first-order valence-electron chi connectivity index (χ1n) is 12.0. The van der Waals surface area contributed by atoms with Crippen LogP contribution in [0.25, 0.3) is 0 Å². The molecule has 1 aliphatic heterocycles. The van der Waals surface area contributed by atoms with Gasteiger partial charge in [-0.1, -0.05) is 65.8 Å². The number of benzene rings is 3. The molecule has 0 saturated heterocycles. The molecule has 0 radical (unpaired) electrons. The molecule has 39 heavy (non-hydrogen) atoms. The molecule has 4 rings (SSSR count). The first-order chi connectivity index (χ1) is 18.9. The minimum absolute atomic E-state index is 0.0496. The zero-order chi connectivity index (χ0) is 27.8. The first kappa shape index (κ1) is 27.8. The second kappa shape index (κ2) is 13.1. The number of anilines is 1. The fraction of sp³-hybridized carbons (Fsp3) is 0.167. The van der Waals surface area contributed by atoms with Gasteiger partial charge >= 0.3 is 5.97 Å². The Balaban J connectivity index is 1.56. The van der Waals surface area contributed by atoms with Crippen LogP contribution >= 0.6 is 23.4 Å². The number of carbonyl (C=O) groups is 2. The highest BCUT2D eigenvalue weighted by atomic mass is 35.5. The molecule has 9 heteroatoms. The smallest absolute Gasteiger partial charge is 0.337 e. The summed E-state index contributed by atoms with van der Waals surface area (Å²) in [4.78, 5) is 26.0. The van der Waals surface area contributed by atoms with E-state index in [-0.39, 0.29) is 18.3 Å². The number of hydrogen-bond acceptors (Lipinski definition) is 7. The molecule has 0 aliphatic carbocycles. The van der Waals surface area contributed by atoms with E-state index in [1.165, 1.54) is 11.8 Å². The van der Waals surface area contributed by atoms with Crippen LogP contribution in [0.1, 0.15) is 24.0 Å². The van der Waals surface area contributed by atoms with Crippen LogP contribution in [-0.2, 0) is 20.9 Å². The van der Waals surface area contributed by atoms with Crippen molar-refractivity contribution in [3.05, 3.63) is 117 Å². The second-order valence-corrected chi connectivity index (χ2v) is 10.1. The largest absolute Gasteiger partial charge is 0.497 e. The van der Waals surface area contributed by atoms with Gasteiger partial charge in [-0.15, -0.1) is 0 Å². The number of amides is 1. The molecule has 7 nitrogen and oxygen atoms in total. The van der Waals surface area contributed by atoms with Gasteiger partial charge in [-0.25, -0.2) is 4.79 Å². The molecule has 1 heterocycles. The highest BCUT2D eigenvalue weighted by Gasteiger charge is 2.35. The standard InChI is InChI=1S/C30H26ClN3O4S/c1-19-27(30(36)38-17-20-6-4-3-5-7-20)28(21-8-10-22(31)11-9-21)25(16-32)29(33-19)39-18-26(35)34-23-12-14-24(37-2)15-13-23/h3-15,28,33H,17-18H2,1-2H3,(H,34,35)/t28-/m0/s1. The number of methoxy groups -OCH3 is 1. The van der Waals surface area contributed by atoms with E-state index in [2.05, 4.69) is 16.7 Å². The van der Waals surface area contributed by atoms with Gasteiger partial charge < -0.3 is 20.1 Å². The lowest BCUT2D eigenvalue weighted by Gasteiger charge is -2.29. The summed E-state index contributed by atoms with van der Waals surface area (Å²) in [7, 11) is 1.57. The van der Waals surface area contributed by atoms with E-state index in [9.17, 15) is 14.9 Å². The zero-order valence-corrected chi connectivity index (χ0v) is 22.9. The SMILES string of the molecule is COc1ccc(NC(=O)CSC2=C(C#N)[C@H](c3ccc(Cl)cc3)C(C(=O)OCc3ccccc3)=C(C)N2)cc1. The summed E-state index contributed by atoms with van der Waals surface area (Å²) in [5.74, 6) is -0.726. The lowest BCUT2D eigenvalue weighted by Crippen LogP contribution is -2.29. The third-order valence-electron chi connectivity index (χ3n) is 6.00. The summed E-state index contributed by atoms with van der Waals surface area (Å²) < 4.78 is 10.8. The topological polar surface area (TPSA) is 100 Å². The molecule has 1 atom stereocenters. The molecule has 2 N–H and O–H groups in total. The van der Waals surface area contributed by atoms with E-state index < -0.39 is 11.9 Å². The van der Waals surface area contributed by atoms with E-state index in [0.717, 1.165) is 5.56 Å². The lowest BCUT2D eigenvalue weighted by atomic mass is 9.82. The fourth-order valence-corrected chi connectivity index (χ4v) is 5.11. The Hall–Kier alpha value is -4.19. The van der Waals surface area contributed by atoms with Gasteiger partial charge in [0.1, 0.15) is 12.4 Å². The van der Waals surface area contributed by atoms with Crippen molar-refractivity contribution in [3.63, 3.8) is 0 Å². The molecule has 1 amide bonds. The number of nitriles is 1. The minimum Gasteiger partial charge on any atom is -0.497 e. The van der Waals surface area contributed by atoms with Gasteiger partial charge in [-0.3, -0.25) is 4.79 Å². The second-order valence-electron chi connectivity index (χ2n) is 8.63. The van der Waals surface area contributed by atoms with Crippen LogP contribution in [0.4, 0.5) is 5.69 Å². The average molecular weight is 560 g/mol. The van der Waals surface area contributed by atoms with Gasteiger partial charge in [0.15, 0.2) is 0 Å². The average Bonchev–Trinajstić information content (AvgIpc) is 2.96. The Morgan fingerprint density at radius 1 is 1.05 bits per heavy atom. The van der Waals surface area contributed by atoms with Crippen LogP contribution in [0.15, 0.2) is 101 Å². The highest BCUT2D eigenvalue weighted by molar-refractivity contribution is 8.03. The molecular formula is C30H26ClN3O4S. The number of ether oxygens (including phenoxy) is 2. The summed E-state index contributed by atoms with van der Waals surface area (Å²) in [5, 5.41) is 17.3. The molecule has 3 aromatic carbocycles. The van der Waals surface area contributed by atoms with Crippen molar-refractivity contribution in [2.24, 2.45) is 0 Å². The number of rotatable bonds is 9. The highest BCUT2D eigenvalue weighted by Crippen LogP contribution is 2.41. The van der Waals surface area contributed by atoms with Crippen molar-refractivity contribution in [1.82, 2.24) is 5.32 Å². The number of thioether (sulfide) groups is 1. The van der Waals surface area contributed by atoms with Gasteiger partial charge in [0.05, 0.1) is 41.0 Å². The Labute approximate surface area is 236 Å². The third-order valence-corrected chi connectivity index (χ3v) is 7.27. The van der Waals surface area contributed by atoms with Gasteiger partial charge in [-0.2, -0.15) is 5.26 Å². The molecule has 3 aromatic rings. The van der Waals surface area contributed by atoms with Gasteiger partial charge in [0.2, 0.25) is 5.91 Å². The third kappa shape index (κ3) is 7.02. The maximum atomic E-state index is 13.4. The number of dihydropyridines is 1. The molecule has 0 saturated carbocycles. The summed E-state index contributed by atoms with van der Waals surface area (Å²) >= 11 is 7.31. The van der Waals surface area contributed by atoms with Crippen LogP contribution < -0.4 is 15.4 Å². The van der Waals surface area contributed by atoms with Crippen LogP contribution in [-0.4, -0.2) is 24.7 Å². The molecule has 1 aliphatic rings. The zero-order valence-electron chi connectivity index (χ0n) is 21.4. The van der Waals surface area contributed by atoms with Crippen molar-refractivity contribution in [2.75, 3.05) is 18.2 Å². The fourth-order valence-electron chi connectivity index (χ4n) is 4.10. The lowest BCUT2D eigenvalue weighted by molar-refractivity contribution is -0.140. The normalized spacial score (nSPS) is 14.8. The van der Waals surface area contributed by atoms with Crippen molar-refractivity contribution >= 4 is 40.9 Å². The van der Waals surface area contributed by atoms with Gasteiger partial charge in [0, 0.05) is 16.4 Å². The van der Waals surface area contributed by atoms with E-state index >= 15 is 0 Å².